The number of aryl methyl sites for hydroxylation is 1. The maximum atomic E-state index is 11.3. The number of aliphatic carboxylic acids is 1. The summed E-state index contributed by atoms with van der Waals surface area (Å²) in [5, 5.41) is 8.85. The molecule has 0 amide bonds. The number of carbonyl (C=O) groups excluding carboxylic acids is 1. The molecule has 18 heavy (non-hydrogen) atoms. The molecule has 0 aromatic heterocycles. The zero-order valence-electron chi connectivity index (χ0n) is 10.7. The van der Waals surface area contributed by atoms with Crippen LogP contribution in [0, 0.1) is 6.92 Å². The lowest BCUT2D eigenvalue weighted by Crippen LogP contribution is -2.09. The molecule has 1 aromatic rings. The molecule has 0 unspecified atom stereocenters. The van der Waals surface area contributed by atoms with E-state index in [1.807, 2.05) is 19.1 Å². The first kappa shape index (κ1) is 14.2. The maximum Gasteiger partial charge on any atom is 0.307 e. The van der Waals surface area contributed by atoms with E-state index in [9.17, 15) is 9.59 Å². The van der Waals surface area contributed by atoms with Gasteiger partial charge in [-0.3, -0.25) is 9.59 Å². The molecule has 0 aliphatic carbocycles. The molecule has 0 radical (unpaired) electrons. The average molecular weight is 250 g/mol. The highest BCUT2D eigenvalue weighted by Crippen LogP contribution is 2.17. The number of carboxylic acids is 1. The molecule has 0 heterocycles. The summed E-state index contributed by atoms with van der Waals surface area (Å²) in [6, 6.07) is 5.55. The SMILES string of the molecule is CCOC(=O)CCc1c(C)cccc1CC(=O)O. The van der Waals surface area contributed by atoms with Gasteiger partial charge in [-0.25, -0.2) is 0 Å². The van der Waals surface area contributed by atoms with Crippen LogP contribution in [0.15, 0.2) is 18.2 Å². The Hall–Kier alpha value is -1.84. The third kappa shape index (κ3) is 4.20. The van der Waals surface area contributed by atoms with E-state index in [1.165, 1.54) is 0 Å². The van der Waals surface area contributed by atoms with Crippen molar-refractivity contribution in [2.45, 2.75) is 33.1 Å². The van der Waals surface area contributed by atoms with E-state index in [0.717, 1.165) is 16.7 Å². The van der Waals surface area contributed by atoms with Gasteiger partial charge >= 0.3 is 11.9 Å². The largest absolute Gasteiger partial charge is 0.481 e. The topological polar surface area (TPSA) is 63.6 Å². The van der Waals surface area contributed by atoms with Crippen LogP contribution in [0.2, 0.25) is 0 Å². The monoisotopic (exact) mass is 250 g/mol. The smallest absolute Gasteiger partial charge is 0.307 e. The Morgan fingerprint density at radius 3 is 2.67 bits per heavy atom. The molecule has 4 heteroatoms. The molecule has 1 rings (SSSR count). The number of hydrogen-bond donors (Lipinski definition) is 1. The first-order valence-electron chi connectivity index (χ1n) is 5.99. The molecule has 0 spiro atoms. The van der Waals surface area contributed by atoms with Crippen LogP contribution >= 0.6 is 0 Å². The molecular formula is C14H18O4. The lowest BCUT2D eigenvalue weighted by molar-refractivity contribution is -0.143. The minimum atomic E-state index is -0.863. The van der Waals surface area contributed by atoms with Gasteiger partial charge in [0, 0.05) is 6.42 Å². The van der Waals surface area contributed by atoms with E-state index < -0.39 is 5.97 Å². The van der Waals surface area contributed by atoms with Crippen molar-refractivity contribution >= 4 is 11.9 Å². The fraction of sp³-hybridized carbons (Fsp3) is 0.429. The molecule has 0 aliphatic heterocycles. The molecule has 1 N–H and O–H groups in total. The zero-order chi connectivity index (χ0) is 13.5. The average Bonchev–Trinajstić information content (AvgIpc) is 2.28. The fourth-order valence-electron chi connectivity index (χ4n) is 1.91. The van der Waals surface area contributed by atoms with Crippen molar-refractivity contribution in [1.82, 2.24) is 0 Å². The van der Waals surface area contributed by atoms with Crippen molar-refractivity contribution in [3.63, 3.8) is 0 Å². The van der Waals surface area contributed by atoms with Crippen LogP contribution in [-0.4, -0.2) is 23.7 Å². The Balaban J connectivity index is 2.79. The van der Waals surface area contributed by atoms with E-state index in [1.54, 1.807) is 13.0 Å². The number of hydrogen-bond acceptors (Lipinski definition) is 3. The van der Waals surface area contributed by atoms with Crippen molar-refractivity contribution in [2.24, 2.45) is 0 Å². The Morgan fingerprint density at radius 1 is 1.33 bits per heavy atom. The fourth-order valence-corrected chi connectivity index (χ4v) is 1.91. The van der Waals surface area contributed by atoms with Crippen molar-refractivity contribution in [3.05, 3.63) is 34.9 Å². The second-order valence-corrected chi connectivity index (χ2v) is 4.09. The number of benzene rings is 1. The number of carboxylic acid groups (broad SMARTS) is 1. The molecule has 0 fully saturated rings. The van der Waals surface area contributed by atoms with E-state index in [-0.39, 0.29) is 18.8 Å². The van der Waals surface area contributed by atoms with Gasteiger partial charge in [-0.2, -0.15) is 0 Å². The normalized spacial score (nSPS) is 10.1. The third-order valence-corrected chi connectivity index (χ3v) is 2.73. The second kappa shape index (κ2) is 6.79. The van der Waals surface area contributed by atoms with E-state index in [2.05, 4.69) is 0 Å². The van der Waals surface area contributed by atoms with Crippen molar-refractivity contribution in [2.75, 3.05) is 6.61 Å². The minimum Gasteiger partial charge on any atom is -0.481 e. The van der Waals surface area contributed by atoms with Crippen LogP contribution in [0.25, 0.3) is 0 Å². The van der Waals surface area contributed by atoms with Crippen LogP contribution in [-0.2, 0) is 27.2 Å². The van der Waals surface area contributed by atoms with Gasteiger partial charge in [-0.05, 0) is 37.0 Å². The molecule has 4 nitrogen and oxygen atoms in total. The highest BCUT2D eigenvalue weighted by molar-refractivity contribution is 5.72. The predicted octanol–water partition coefficient (Wildman–Crippen LogP) is 2.12. The van der Waals surface area contributed by atoms with E-state index >= 15 is 0 Å². The van der Waals surface area contributed by atoms with Crippen LogP contribution in [0.3, 0.4) is 0 Å². The summed E-state index contributed by atoms with van der Waals surface area (Å²) in [5.74, 6) is -1.11. The van der Waals surface area contributed by atoms with E-state index in [4.69, 9.17) is 9.84 Å². The summed E-state index contributed by atoms with van der Waals surface area (Å²) in [5.41, 5.74) is 2.72. The van der Waals surface area contributed by atoms with Crippen LogP contribution in [0.5, 0.6) is 0 Å². The van der Waals surface area contributed by atoms with Crippen molar-refractivity contribution in [3.8, 4) is 0 Å². The maximum absolute atomic E-state index is 11.3. The molecule has 0 saturated carbocycles. The Kier molecular flexibility index (Phi) is 5.36. The summed E-state index contributed by atoms with van der Waals surface area (Å²) in [4.78, 5) is 22.1. The van der Waals surface area contributed by atoms with Gasteiger partial charge in [-0.1, -0.05) is 18.2 Å². The van der Waals surface area contributed by atoms with E-state index in [0.29, 0.717) is 13.0 Å². The van der Waals surface area contributed by atoms with Gasteiger partial charge < -0.3 is 9.84 Å². The van der Waals surface area contributed by atoms with Crippen LogP contribution in [0.1, 0.15) is 30.0 Å². The lowest BCUT2D eigenvalue weighted by Gasteiger charge is -2.11. The first-order valence-corrected chi connectivity index (χ1v) is 5.99. The van der Waals surface area contributed by atoms with Gasteiger partial charge in [0.05, 0.1) is 13.0 Å². The Morgan fingerprint density at radius 2 is 2.06 bits per heavy atom. The van der Waals surface area contributed by atoms with Gasteiger partial charge in [-0.15, -0.1) is 0 Å². The Bertz CT molecular complexity index is 437. The van der Waals surface area contributed by atoms with Gasteiger partial charge in [0.15, 0.2) is 0 Å². The summed E-state index contributed by atoms with van der Waals surface area (Å²) in [7, 11) is 0. The van der Waals surface area contributed by atoms with Gasteiger partial charge in [0.2, 0.25) is 0 Å². The predicted molar refractivity (Wildman–Crippen MR) is 67.5 cm³/mol. The Labute approximate surface area is 107 Å². The second-order valence-electron chi connectivity index (χ2n) is 4.09. The molecule has 0 aliphatic rings. The molecule has 0 saturated heterocycles. The minimum absolute atomic E-state index is 0.0140. The van der Waals surface area contributed by atoms with Gasteiger partial charge in [0.1, 0.15) is 0 Å². The van der Waals surface area contributed by atoms with Crippen molar-refractivity contribution < 1.29 is 19.4 Å². The molecule has 0 atom stereocenters. The number of rotatable bonds is 6. The number of carbonyl (C=O) groups is 2. The van der Waals surface area contributed by atoms with Crippen LogP contribution < -0.4 is 0 Å². The number of esters is 1. The van der Waals surface area contributed by atoms with Crippen LogP contribution in [0.4, 0.5) is 0 Å². The summed E-state index contributed by atoms with van der Waals surface area (Å²) in [6.45, 7) is 4.06. The molecular weight excluding hydrogens is 232 g/mol. The van der Waals surface area contributed by atoms with Gasteiger partial charge in [0.25, 0.3) is 0 Å². The summed E-state index contributed by atoms with van der Waals surface area (Å²) >= 11 is 0. The quantitative estimate of drug-likeness (QED) is 0.785. The number of ether oxygens (including phenoxy) is 1. The van der Waals surface area contributed by atoms with Crippen molar-refractivity contribution in [1.29, 1.82) is 0 Å². The lowest BCUT2D eigenvalue weighted by atomic mass is 9.96. The summed E-state index contributed by atoms with van der Waals surface area (Å²) in [6.07, 6.45) is 0.791. The molecule has 1 aromatic carbocycles. The summed E-state index contributed by atoms with van der Waals surface area (Å²) < 4.78 is 4.87. The molecule has 0 bridgehead atoms. The first-order chi connectivity index (χ1) is 8.54. The third-order valence-electron chi connectivity index (χ3n) is 2.73. The standard InChI is InChI=1S/C14H18O4/c1-3-18-14(17)8-7-12-10(2)5-4-6-11(12)9-13(15)16/h4-6H,3,7-9H2,1-2H3,(H,15,16). The molecule has 98 valence electrons. The highest BCUT2D eigenvalue weighted by Gasteiger charge is 2.11. The highest BCUT2D eigenvalue weighted by atomic mass is 16.5. The zero-order valence-corrected chi connectivity index (χ0v) is 10.7.